The molecule has 7 nitrogen and oxygen atoms in total. The van der Waals surface area contributed by atoms with E-state index in [1.165, 1.54) is 22.5 Å². The summed E-state index contributed by atoms with van der Waals surface area (Å²) in [5.74, 6) is 0.696. The average Bonchev–Trinajstić information content (AvgIpc) is 3.12. The Kier molecular flexibility index (Phi) is 5.07. The van der Waals surface area contributed by atoms with Crippen molar-refractivity contribution in [1.29, 1.82) is 0 Å². The van der Waals surface area contributed by atoms with Crippen LogP contribution in [0, 0.1) is 0 Å². The first-order chi connectivity index (χ1) is 12.2. The van der Waals surface area contributed by atoms with Crippen LogP contribution in [-0.4, -0.2) is 34.8 Å². The van der Waals surface area contributed by atoms with Crippen molar-refractivity contribution in [3.8, 4) is 5.75 Å². The molecule has 3 rings (SSSR count). The van der Waals surface area contributed by atoms with Gasteiger partial charge in [-0.25, -0.2) is 22.0 Å². The van der Waals surface area contributed by atoms with Crippen molar-refractivity contribution in [2.24, 2.45) is 5.14 Å². The zero-order chi connectivity index (χ0) is 18.9. The summed E-state index contributed by atoms with van der Waals surface area (Å²) in [6, 6.07) is 12.1. The maximum atomic E-state index is 13.1. The summed E-state index contributed by atoms with van der Waals surface area (Å²) in [6.07, 6.45) is 1.42. The number of hydrogen-bond acceptors (Lipinski definition) is 5. The van der Waals surface area contributed by atoms with Gasteiger partial charge in [0.2, 0.25) is 20.0 Å². The highest BCUT2D eigenvalue weighted by Gasteiger charge is 2.36. The summed E-state index contributed by atoms with van der Waals surface area (Å²) in [6.45, 7) is 0.374. The van der Waals surface area contributed by atoms with Gasteiger partial charge in [-0.3, -0.25) is 0 Å². The molecule has 1 heterocycles. The quantitative estimate of drug-likeness (QED) is 0.830. The Balaban J connectivity index is 1.97. The van der Waals surface area contributed by atoms with E-state index in [-0.39, 0.29) is 15.8 Å². The fourth-order valence-electron chi connectivity index (χ4n) is 3.13. The summed E-state index contributed by atoms with van der Waals surface area (Å²) < 4.78 is 55.8. The molecule has 0 spiro atoms. The van der Waals surface area contributed by atoms with Gasteiger partial charge in [0.05, 0.1) is 22.9 Å². The molecule has 26 heavy (non-hydrogen) atoms. The smallest absolute Gasteiger partial charge is 0.243 e. The Morgan fingerprint density at radius 3 is 2.31 bits per heavy atom. The van der Waals surface area contributed by atoms with E-state index in [1.54, 1.807) is 19.2 Å². The van der Waals surface area contributed by atoms with Gasteiger partial charge in [0.15, 0.2) is 0 Å². The third-order valence-electron chi connectivity index (χ3n) is 4.44. The van der Waals surface area contributed by atoms with Crippen LogP contribution in [0.5, 0.6) is 5.75 Å². The average molecular weight is 396 g/mol. The van der Waals surface area contributed by atoms with Crippen molar-refractivity contribution in [3.63, 3.8) is 0 Å². The molecule has 2 aromatic rings. The first-order valence-electron chi connectivity index (χ1n) is 8.02. The van der Waals surface area contributed by atoms with Crippen LogP contribution < -0.4 is 9.88 Å². The Hall–Kier alpha value is -1.94. The minimum atomic E-state index is -3.98. The Labute approximate surface area is 153 Å². The first-order valence-corrected chi connectivity index (χ1v) is 11.0. The summed E-state index contributed by atoms with van der Waals surface area (Å²) in [4.78, 5) is -0.303. The zero-order valence-electron chi connectivity index (χ0n) is 14.2. The van der Waals surface area contributed by atoms with E-state index in [4.69, 9.17) is 9.88 Å². The highest BCUT2D eigenvalue weighted by atomic mass is 32.2. The van der Waals surface area contributed by atoms with Crippen LogP contribution in [0.4, 0.5) is 0 Å². The Bertz CT molecular complexity index is 1000. The number of methoxy groups -OCH3 is 1. The third-order valence-corrected chi connectivity index (χ3v) is 7.26. The van der Waals surface area contributed by atoms with Gasteiger partial charge < -0.3 is 4.74 Å². The zero-order valence-corrected chi connectivity index (χ0v) is 15.8. The van der Waals surface area contributed by atoms with Gasteiger partial charge >= 0.3 is 0 Å². The van der Waals surface area contributed by atoms with E-state index in [2.05, 4.69) is 0 Å². The van der Waals surface area contributed by atoms with Crippen molar-refractivity contribution < 1.29 is 21.6 Å². The maximum absolute atomic E-state index is 13.1. The molecule has 0 amide bonds. The largest absolute Gasteiger partial charge is 0.497 e. The number of ether oxygens (including phenoxy) is 1. The molecule has 0 aliphatic carbocycles. The van der Waals surface area contributed by atoms with Gasteiger partial charge in [-0.15, -0.1) is 0 Å². The lowest BCUT2D eigenvalue weighted by molar-refractivity contribution is 0.394. The standard InChI is InChI=1S/C17H20N2O5S2/c1-24-14-9-7-13(8-10-14)17-6-3-11-19(17)26(22,23)16-5-2-4-15(12-16)25(18,20)21/h2,4-5,7-10,12,17H,3,6,11H2,1H3,(H2,18,20,21)/t17-/m0/s1. The summed E-state index contributed by atoms with van der Waals surface area (Å²) >= 11 is 0. The van der Waals surface area contributed by atoms with E-state index < -0.39 is 20.0 Å². The lowest BCUT2D eigenvalue weighted by Crippen LogP contribution is -2.30. The van der Waals surface area contributed by atoms with Crippen LogP contribution in [0.15, 0.2) is 58.3 Å². The van der Waals surface area contributed by atoms with E-state index in [9.17, 15) is 16.8 Å². The molecule has 9 heteroatoms. The van der Waals surface area contributed by atoms with E-state index in [0.29, 0.717) is 18.7 Å². The second-order valence-corrected chi connectivity index (χ2v) is 9.52. The molecular formula is C17H20N2O5S2. The molecular weight excluding hydrogens is 376 g/mol. The third kappa shape index (κ3) is 3.61. The number of rotatable bonds is 5. The summed E-state index contributed by atoms with van der Waals surface area (Å²) in [5, 5.41) is 5.12. The topological polar surface area (TPSA) is 107 Å². The highest BCUT2D eigenvalue weighted by Crippen LogP contribution is 2.37. The minimum Gasteiger partial charge on any atom is -0.497 e. The van der Waals surface area contributed by atoms with Gasteiger partial charge in [0.1, 0.15) is 5.75 Å². The molecule has 1 aliphatic heterocycles. The lowest BCUT2D eigenvalue weighted by atomic mass is 10.1. The van der Waals surface area contributed by atoms with E-state index in [0.717, 1.165) is 18.1 Å². The normalized spacial score (nSPS) is 18.8. The predicted molar refractivity (Wildman–Crippen MR) is 96.7 cm³/mol. The number of primary sulfonamides is 1. The number of sulfonamides is 2. The van der Waals surface area contributed by atoms with Gasteiger partial charge in [-0.05, 0) is 48.7 Å². The van der Waals surface area contributed by atoms with Crippen LogP contribution in [0.2, 0.25) is 0 Å². The molecule has 0 saturated carbocycles. The van der Waals surface area contributed by atoms with Gasteiger partial charge in [0.25, 0.3) is 0 Å². The Morgan fingerprint density at radius 1 is 1.04 bits per heavy atom. The van der Waals surface area contributed by atoms with Crippen LogP contribution in [-0.2, 0) is 20.0 Å². The van der Waals surface area contributed by atoms with Crippen molar-refractivity contribution in [2.45, 2.75) is 28.7 Å². The number of nitrogens with two attached hydrogens (primary N) is 1. The van der Waals surface area contributed by atoms with Crippen molar-refractivity contribution in [3.05, 3.63) is 54.1 Å². The van der Waals surface area contributed by atoms with Gasteiger partial charge in [0, 0.05) is 6.54 Å². The van der Waals surface area contributed by atoms with Crippen LogP contribution >= 0.6 is 0 Å². The summed E-state index contributed by atoms with van der Waals surface area (Å²) in [5.41, 5.74) is 0.870. The predicted octanol–water partition coefficient (Wildman–Crippen LogP) is 1.87. The maximum Gasteiger partial charge on any atom is 0.243 e. The lowest BCUT2D eigenvalue weighted by Gasteiger charge is -2.24. The summed E-state index contributed by atoms with van der Waals surface area (Å²) in [7, 11) is -6.26. The second-order valence-electron chi connectivity index (χ2n) is 6.07. The molecule has 1 saturated heterocycles. The first kappa shape index (κ1) is 18.8. The number of benzene rings is 2. The SMILES string of the molecule is COc1ccc([C@@H]2CCCN2S(=O)(=O)c2cccc(S(N)(=O)=O)c2)cc1. The van der Waals surface area contributed by atoms with E-state index in [1.807, 2.05) is 12.1 Å². The monoisotopic (exact) mass is 396 g/mol. The number of hydrogen-bond donors (Lipinski definition) is 1. The molecule has 0 radical (unpaired) electrons. The fourth-order valence-corrected chi connectivity index (χ4v) is 5.50. The molecule has 1 atom stereocenters. The minimum absolute atomic E-state index is 0.0792. The molecule has 0 aromatic heterocycles. The van der Waals surface area contributed by atoms with Crippen molar-refractivity contribution in [1.82, 2.24) is 4.31 Å². The van der Waals surface area contributed by atoms with Gasteiger partial charge in [-0.2, -0.15) is 4.31 Å². The van der Waals surface area contributed by atoms with Crippen LogP contribution in [0.1, 0.15) is 24.4 Å². The molecule has 2 aromatic carbocycles. The molecule has 0 unspecified atom stereocenters. The second kappa shape index (κ2) is 6.99. The van der Waals surface area contributed by atoms with Crippen LogP contribution in [0.25, 0.3) is 0 Å². The fraction of sp³-hybridized carbons (Fsp3) is 0.294. The van der Waals surface area contributed by atoms with Crippen LogP contribution in [0.3, 0.4) is 0 Å². The van der Waals surface area contributed by atoms with E-state index >= 15 is 0 Å². The molecule has 2 N–H and O–H groups in total. The molecule has 0 bridgehead atoms. The molecule has 1 aliphatic rings. The Morgan fingerprint density at radius 2 is 1.69 bits per heavy atom. The van der Waals surface area contributed by atoms with Crippen molar-refractivity contribution >= 4 is 20.0 Å². The molecule has 1 fully saturated rings. The van der Waals surface area contributed by atoms with Crippen molar-refractivity contribution in [2.75, 3.05) is 13.7 Å². The van der Waals surface area contributed by atoms with Gasteiger partial charge in [-0.1, -0.05) is 18.2 Å². The molecule has 140 valence electrons. The highest BCUT2D eigenvalue weighted by molar-refractivity contribution is 7.90. The number of nitrogens with zero attached hydrogens (tertiary/aromatic N) is 1.